The molecule has 1 N–H and O–H groups in total. The van der Waals surface area contributed by atoms with Crippen LogP contribution in [0.4, 0.5) is 0 Å². The third kappa shape index (κ3) is 10.5. The monoisotopic (exact) mass is 299 g/mol. The van der Waals surface area contributed by atoms with Gasteiger partial charge in [-0.05, 0) is 25.8 Å². The number of hydrogen-bond donors (Lipinski definition) is 1. The summed E-state index contributed by atoms with van der Waals surface area (Å²) >= 11 is 0. The largest absolute Gasteiger partial charge is 0.391 e. The van der Waals surface area contributed by atoms with Gasteiger partial charge in [0.15, 0.2) is 0 Å². The number of likely N-dealkylation sites (N-methyl/N-ethyl adjacent to an activating group) is 2. The van der Waals surface area contributed by atoms with Crippen LogP contribution in [0.3, 0.4) is 0 Å². The van der Waals surface area contributed by atoms with Gasteiger partial charge in [-0.3, -0.25) is 4.79 Å². The molecule has 0 aromatic rings. The molecule has 0 rings (SSSR count). The lowest BCUT2D eigenvalue weighted by molar-refractivity contribution is -0.890. The fraction of sp³-hybridized carbons (Fsp3) is 0.824. The number of allylic oxidation sites excluding steroid dienone is 1. The van der Waals surface area contributed by atoms with E-state index in [4.69, 9.17) is 5.11 Å². The fourth-order valence-corrected chi connectivity index (χ4v) is 2.18. The number of aliphatic hydroxyl groups excluding tert-OH is 1. The number of amides is 1. The highest BCUT2D eigenvalue weighted by Gasteiger charge is 2.17. The second-order valence-electron chi connectivity index (χ2n) is 6.28. The van der Waals surface area contributed by atoms with Crippen molar-refractivity contribution in [2.75, 3.05) is 46.9 Å². The third-order valence-corrected chi connectivity index (χ3v) is 3.86. The zero-order valence-electron chi connectivity index (χ0n) is 14.5. The van der Waals surface area contributed by atoms with Crippen LogP contribution in [-0.4, -0.2) is 67.3 Å². The molecule has 0 aliphatic rings. The summed E-state index contributed by atoms with van der Waals surface area (Å²) in [6.45, 7) is 7.46. The van der Waals surface area contributed by atoms with Crippen molar-refractivity contribution in [3.8, 4) is 0 Å². The molecule has 0 unspecified atom stereocenters. The van der Waals surface area contributed by atoms with Gasteiger partial charge in [0.25, 0.3) is 0 Å². The van der Waals surface area contributed by atoms with Gasteiger partial charge in [-0.1, -0.05) is 32.3 Å². The van der Waals surface area contributed by atoms with E-state index in [-0.39, 0.29) is 12.5 Å². The lowest BCUT2D eigenvalue weighted by atomic mass is 10.1. The quantitative estimate of drug-likeness (QED) is 0.341. The molecule has 0 aliphatic heterocycles. The van der Waals surface area contributed by atoms with E-state index in [1.54, 1.807) is 6.08 Å². The highest BCUT2D eigenvalue weighted by molar-refractivity contribution is 5.87. The first-order valence-electron chi connectivity index (χ1n) is 8.35. The molecule has 0 bridgehead atoms. The molecule has 0 fully saturated rings. The molecule has 0 aliphatic carbocycles. The zero-order chi connectivity index (χ0) is 16.1. The van der Waals surface area contributed by atoms with Crippen molar-refractivity contribution in [2.24, 2.45) is 0 Å². The molecular weight excluding hydrogens is 264 g/mol. The first-order valence-corrected chi connectivity index (χ1v) is 8.35. The maximum atomic E-state index is 12.1. The number of quaternary nitrogens is 1. The summed E-state index contributed by atoms with van der Waals surface area (Å²) in [6.07, 6.45) is 9.67. The van der Waals surface area contributed by atoms with E-state index in [0.29, 0.717) is 0 Å². The summed E-state index contributed by atoms with van der Waals surface area (Å²) in [7, 11) is 4.16. The van der Waals surface area contributed by atoms with Gasteiger partial charge in [0, 0.05) is 6.54 Å². The Bertz CT molecular complexity index is 301. The third-order valence-electron chi connectivity index (χ3n) is 3.86. The second kappa shape index (κ2) is 11.8. The van der Waals surface area contributed by atoms with Crippen LogP contribution in [0.1, 0.15) is 46.0 Å². The van der Waals surface area contributed by atoms with Gasteiger partial charge in [0.2, 0.25) is 5.91 Å². The molecule has 4 heteroatoms. The van der Waals surface area contributed by atoms with Crippen molar-refractivity contribution >= 4 is 5.91 Å². The average molecular weight is 299 g/mol. The van der Waals surface area contributed by atoms with Crippen molar-refractivity contribution < 1.29 is 14.4 Å². The van der Waals surface area contributed by atoms with Gasteiger partial charge in [-0.2, -0.15) is 0 Å². The van der Waals surface area contributed by atoms with Crippen LogP contribution in [0.25, 0.3) is 0 Å². The molecule has 0 spiro atoms. The van der Waals surface area contributed by atoms with Crippen molar-refractivity contribution in [2.45, 2.75) is 46.0 Å². The number of aliphatic hydroxyl groups is 1. The number of carbonyl (C=O) groups excluding carboxylic acids is 1. The van der Waals surface area contributed by atoms with Gasteiger partial charge in [-0.15, -0.1) is 0 Å². The average Bonchev–Trinajstić information content (AvgIpc) is 2.43. The summed E-state index contributed by atoms with van der Waals surface area (Å²) < 4.78 is 0.737. The normalized spacial score (nSPS) is 12.0. The summed E-state index contributed by atoms with van der Waals surface area (Å²) in [6, 6.07) is 0. The van der Waals surface area contributed by atoms with Gasteiger partial charge in [0.05, 0.1) is 33.8 Å². The Morgan fingerprint density at radius 1 is 1.14 bits per heavy atom. The van der Waals surface area contributed by atoms with Gasteiger partial charge >= 0.3 is 0 Å². The molecule has 124 valence electrons. The van der Waals surface area contributed by atoms with Gasteiger partial charge < -0.3 is 14.5 Å². The van der Waals surface area contributed by atoms with Crippen LogP contribution in [0, 0.1) is 0 Å². The van der Waals surface area contributed by atoms with Crippen molar-refractivity contribution in [3.05, 3.63) is 12.2 Å². The van der Waals surface area contributed by atoms with Crippen molar-refractivity contribution in [3.63, 3.8) is 0 Å². The lowest BCUT2D eigenvalue weighted by Crippen LogP contribution is -2.47. The summed E-state index contributed by atoms with van der Waals surface area (Å²) in [5.41, 5.74) is 0. The van der Waals surface area contributed by atoms with E-state index < -0.39 is 0 Å². The number of nitrogens with zero attached hydrogens (tertiary/aromatic N) is 2. The van der Waals surface area contributed by atoms with Crippen molar-refractivity contribution in [1.82, 2.24) is 4.90 Å². The van der Waals surface area contributed by atoms with E-state index in [1.807, 2.05) is 17.9 Å². The first kappa shape index (κ1) is 20.1. The zero-order valence-corrected chi connectivity index (χ0v) is 14.5. The molecule has 0 radical (unpaired) electrons. The van der Waals surface area contributed by atoms with Crippen molar-refractivity contribution in [1.29, 1.82) is 0 Å². The summed E-state index contributed by atoms with van der Waals surface area (Å²) in [5, 5.41) is 9.03. The predicted molar refractivity (Wildman–Crippen MR) is 89.1 cm³/mol. The number of rotatable bonds is 12. The lowest BCUT2D eigenvalue weighted by Gasteiger charge is -2.31. The standard InChI is InChI=1S/C17H35N2O2/c1-5-7-8-9-10-11-12-17(21)18(6-2)13-14-19(3,4)15-16-20/h11-12,20H,5-10,13-16H2,1-4H3/q+1/b12-11+. The van der Waals surface area contributed by atoms with Gasteiger partial charge in [0.1, 0.15) is 6.54 Å². The maximum absolute atomic E-state index is 12.1. The Labute approximate surface area is 131 Å². The van der Waals surface area contributed by atoms with E-state index in [9.17, 15) is 4.79 Å². The minimum absolute atomic E-state index is 0.108. The minimum Gasteiger partial charge on any atom is -0.391 e. The molecule has 1 amide bonds. The highest BCUT2D eigenvalue weighted by Crippen LogP contribution is 2.04. The first-order chi connectivity index (χ1) is 9.96. The van der Waals surface area contributed by atoms with Crippen LogP contribution in [0.15, 0.2) is 12.2 Å². The molecule has 0 saturated carbocycles. The molecule has 0 aromatic heterocycles. The SMILES string of the molecule is CCCCCC/C=C/C(=O)N(CC)CC[N+](C)(C)CCO. The molecular formula is C17H35N2O2+. The van der Waals surface area contributed by atoms with E-state index in [0.717, 1.165) is 37.1 Å². The highest BCUT2D eigenvalue weighted by atomic mass is 16.3. The minimum atomic E-state index is 0.108. The Morgan fingerprint density at radius 2 is 1.86 bits per heavy atom. The van der Waals surface area contributed by atoms with E-state index in [1.165, 1.54) is 25.7 Å². The smallest absolute Gasteiger partial charge is 0.246 e. The van der Waals surface area contributed by atoms with Crippen LogP contribution in [0.5, 0.6) is 0 Å². The Kier molecular flexibility index (Phi) is 11.3. The van der Waals surface area contributed by atoms with E-state index >= 15 is 0 Å². The molecule has 0 atom stereocenters. The maximum Gasteiger partial charge on any atom is 0.246 e. The van der Waals surface area contributed by atoms with Crippen LogP contribution in [-0.2, 0) is 4.79 Å². The molecule has 0 aromatic carbocycles. The Balaban J connectivity index is 4.09. The van der Waals surface area contributed by atoms with Crippen LogP contribution in [0.2, 0.25) is 0 Å². The van der Waals surface area contributed by atoms with Gasteiger partial charge in [-0.25, -0.2) is 0 Å². The molecule has 0 heterocycles. The molecule has 4 nitrogen and oxygen atoms in total. The summed E-state index contributed by atoms with van der Waals surface area (Å²) in [4.78, 5) is 14.0. The Morgan fingerprint density at radius 3 is 2.43 bits per heavy atom. The summed E-state index contributed by atoms with van der Waals surface area (Å²) in [5.74, 6) is 0.108. The molecule has 21 heavy (non-hydrogen) atoms. The topological polar surface area (TPSA) is 40.5 Å². The fourth-order valence-electron chi connectivity index (χ4n) is 2.18. The van der Waals surface area contributed by atoms with E-state index in [2.05, 4.69) is 21.0 Å². The van der Waals surface area contributed by atoms with Crippen LogP contribution < -0.4 is 0 Å². The predicted octanol–water partition coefficient (Wildman–Crippen LogP) is 2.43. The van der Waals surface area contributed by atoms with Crippen LogP contribution >= 0.6 is 0 Å². The number of hydrogen-bond acceptors (Lipinski definition) is 2. The Hall–Kier alpha value is -0.870. The molecule has 0 saturated heterocycles. The second-order valence-corrected chi connectivity index (χ2v) is 6.28. The number of unbranched alkanes of at least 4 members (excludes halogenated alkanes) is 4. The number of carbonyl (C=O) groups is 1.